The third kappa shape index (κ3) is 4.54. The van der Waals surface area contributed by atoms with Gasteiger partial charge in [0.15, 0.2) is 0 Å². The zero-order valence-corrected chi connectivity index (χ0v) is 9.79. The second kappa shape index (κ2) is 6.06. The highest BCUT2D eigenvalue weighted by molar-refractivity contribution is 5.85. The van der Waals surface area contributed by atoms with Crippen molar-refractivity contribution < 1.29 is 27.9 Å². The number of hydrogen-bond acceptors (Lipinski definition) is 2. The number of amides is 1. The van der Waals surface area contributed by atoms with E-state index in [9.17, 15) is 22.8 Å². The molecule has 7 heteroatoms. The van der Waals surface area contributed by atoms with E-state index < -0.39 is 36.3 Å². The normalized spacial score (nSPS) is 23.9. The molecule has 0 heterocycles. The molecule has 0 saturated heterocycles. The van der Waals surface area contributed by atoms with Crippen molar-refractivity contribution >= 4 is 11.9 Å². The zero-order chi connectivity index (χ0) is 13.8. The van der Waals surface area contributed by atoms with Gasteiger partial charge in [-0.2, -0.15) is 13.2 Å². The van der Waals surface area contributed by atoms with Crippen LogP contribution in [0.25, 0.3) is 0 Å². The standard InChI is InChI=1S/C11H16F3NO3/c12-11(13,14)5-2-6-15-9(16)7-3-1-4-8(7)10(17)18/h7-8H,1-6H2,(H,15,16)(H,17,18)/t7-,8+/m1/s1. The molecule has 2 atom stereocenters. The third-order valence-electron chi connectivity index (χ3n) is 3.11. The molecule has 0 aromatic carbocycles. The summed E-state index contributed by atoms with van der Waals surface area (Å²) in [4.78, 5) is 22.5. The van der Waals surface area contributed by atoms with Crippen molar-refractivity contribution in [2.75, 3.05) is 6.54 Å². The Bertz CT molecular complexity index is 317. The summed E-state index contributed by atoms with van der Waals surface area (Å²) in [7, 11) is 0. The molecule has 0 bridgehead atoms. The fourth-order valence-corrected chi connectivity index (χ4v) is 2.20. The summed E-state index contributed by atoms with van der Waals surface area (Å²) < 4.78 is 35.6. The minimum atomic E-state index is -4.22. The van der Waals surface area contributed by atoms with Crippen LogP contribution in [0.1, 0.15) is 32.1 Å². The van der Waals surface area contributed by atoms with E-state index in [4.69, 9.17) is 5.11 Å². The van der Waals surface area contributed by atoms with Crippen LogP contribution in [0.3, 0.4) is 0 Å². The van der Waals surface area contributed by atoms with E-state index in [0.29, 0.717) is 19.3 Å². The Balaban J connectivity index is 2.30. The molecule has 1 aliphatic carbocycles. The highest BCUT2D eigenvalue weighted by atomic mass is 19.4. The van der Waals surface area contributed by atoms with Gasteiger partial charge in [-0.1, -0.05) is 6.42 Å². The van der Waals surface area contributed by atoms with Crippen molar-refractivity contribution in [3.8, 4) is 0 Å². The largest absolute Gasteiger partial charge is 0.481 e. The Morgan fingerprint density at radius 2 is 1.83 bits per heavy atom. The highest BCUT2D eigenvalue weighted by Crippen LogP contribution is 2.32. The topological polar surface area (TPSA) is 66.4 Å². The molecular weight excluding hydrogens is 251 g/mol. The van der Waals surface area contributed by atoms with Gasteiger partial charge >= 0.3 is 12.1 Å². The number of aliphatic carboxylic acids is 1. The van der Waals surface area contributed by atoms with Crippen LogP contribution in [-0.2, 0) is 9.59 Å². The molecule has 0 aromatic heterocycles. The SMILES string of the molecule is O=C(O)[C@H]1CCC[C@H]1C(=O)NCCCC(F)(F)F. The number of carbonyl (C=O) groups is 2. The minimum Gasteiger partial charge on any atom is -0.481 e. The molecule has 1 rings (SSSR count). The van der Waals surface area contributed by atoms with Gasteiger partial charge in [-0.25, -0.2) is 0 Å². The first-order valence-corrected chi connectivity index (χ1v) is 5.88. The first-order valence-electron chi connectivity index (χ1n) is 5.88. The fourth-order valence-electron chi connectivity index (χ4n) is 2.20. The predicted molar refractivity (Wildman–Crippen MR) is 56.8 cm³/mol. The van der Waals surface area contributed by atoms with Crippen LogP contribution in [0.5, 0.6) is 0 Å². The van der Waals surface area contributed by atoms with Crippen molar-refractivity contribution in [3.63, 3.8) is 0 Å². The molecule has 0 unspecified atom stereocenters. The Kier molecular flexibility index (Phi) is 4.98. The number of carboxylic acid groups (broad SMARTS) is 1. The van der Waals surface area contributed by atoms with Crippen LogP contribution in [-0.4, -0.2) is 29.7 Å². The zero-order valence-electron chi connectivity index (χ0n) is 9.79. The molecule has 1 aliphatic rings. The fraction of sp³-hybridized carbons (Fsp3) is 0.818. The predicted octanol–water partition coefficient (Wildman–Crippen LogP) is 1.95. The quantitative estimate of drug-likeness (QED) is 0.748. The average molecular weight is 267 g/mol. The maximum absolute atomic E-state index is 11.9. The number of carboxylic acids is 1. The minimum absolute atomic E-state index is 0.0683. The molecule has 0 aromatic rings. The number of carbonyl (C=O) groups excluding carboxylic acids is 1. The van der Waals surface area contributed by atoms with Gasteiger partial charge in [0.1, 0.15) is 0 Å². The van der Waals surface area contributed by atoms with E-state index in [2.05, 4.69) is 5.32 Å². The molecule has 1 amide bonds. The Morgan fingerprint density at radius 1 is 1.22 bits per heavy atom. The summed E-state index contributed by atoms with van der Waals surface area (Å²) in [6, 6.07) is 0. The van der Waals surface area contributed by atoms with Crippen LogP contribution >= 0.6 is 0 Å². The second-order valence-electron chi connectivity index (χ2n) is 4.49. The van der Waals surface area contributed by atoms with E-state index >= 15 is 0 Å². The average Bonchev–Trinajstić information content (AvgIpc) is 2.71. The molecule has 1 fully saturated rings. The third-order valence-corrected chi connectivity index (χ3v) is 3.11. The monoisotopic (exact) mass is 267 g/mol. The van der Waals surface area contributed by atoms with E-state index in [-0.39, 0.29) is 13.0 Å². The van der Waals surface area contributed by atoms with Gasteiger partial charge in [0.2, 0.25) is 5.91 Å². The molecule has 1 saturated carbocycles. The van der Waals surface area contributed by atoms with E-state index in [1.54, 1.807) is 0 Å². The molecule has 2 N–H and O–H groups in total. The van der Waals surface area contributed by atoms with E-state index in [1.807, 2.05) is 0 Å². The number of halogens is 3. The first-order chi connectivity index (χ1) is 8.31. The van der Waals surface area contributed by atoms with Crippen LogP contribution in [0.4, 0.5) is 13.2 Å². The second-order valence-corrected chi connectivity index (χ2v) is 4.49. The van der Waals surface area contributed by atoms with Crippen LogP contribution in [0, 0.1) is 11.8 Å². The molecule has 0 aliphatic heterocycles. The van der Waals surface area contributed by atoms with Crippen molar-refractivity contribution in [1.82, 2.24) is 5.32 Å². The highest BCUT2D eigenvalue weighted by Gasteiger charge is 2.37. The van der Waals surface area contributed by atoms with E-state index in [1.165, 1.54) is 0 Å². The molecule has 104 valence electrons. The smallest absolute Gasteiger partial charge is 0.389 e. The first kappa shape index (κ1) is 14.8. The number of rotatable bonds is 5. The number of hydrogen-bond donors (Lipinski definition) is 2. The van der Waals surface area contributed by atoms with Crippen LogP contribution in [0.2, 0.25) is 0 Å². The Labute approximate surface area is 103 Å². The molecule has 0 spiro atoms. The lowest BCUT2D eigenvalue weighted by Gasteiger charge is -2.15. The van der Waals surface area contributed by atoms with Gasteiger partial charge in [0.05, 0.1) is 11.8 Å². The van der Waals surface area contributed by atoms with Gasteiger partial charge < -0.3 is 10.4 Å². The molecule has 4 nitrogen and oxygen atoms in total. The lowest BCUT2D eigenvalue weighted by atomic mass is 9.95. The summed E-state index contributed by atoms with van der Waals surface area (Å²) in [6.07, 6.45) is -3.74. The van der Waals surface area contributed by atoms with Crippen LogP contribution in [0.15, 0.2) is 0 Å². The van der Waals surface area contributed by atoms with Crippen molar-refractivity contribution in [2.45, 2.75) is 38.3 Å². The van der Waals surface area contributed by atoms with E-state index in [0.717, 1.165) is 0 Å². The number of nitrogens with one attached hydrogen (secondary N) is 1. The summed E-state index contributed by atoms with van der Waals surface area (Å²) in [6.45, 7) is -0.0683. The maximum Gasteiger partial charge on any atom is 0.389 e. The van der Waals surface area contributed by atoms with Gasteiger partial charge in [-0.05, 0) is 19.3 Å². The molecule has 18 heavy (non-hydrogen) atoms. The summed E-state index contributed by atoms with van der Waals surface area (Å²) in [5.41, 5.74) is 0. The molecular formula is C11H16F3NO3. The summed E-state index contributed by atoms with van der Waals surface area (Å²) in [5, 5.41) is 11.3. The Hall–Kier alpha value is -1.27. The summed E-state index contributed by atoms with van der Waals surface area (Å²) >= 11 is 0. The van der Waals surface area contributed by atoms with Gasteiger partial charge in [-0.15, -0.1) is 0 Å². The van der Waals surface area contributed by atoms with Gasteiger partial charge in [0, 0.05) is 13.0 Å². The van der Waals surface area contributed by atoms with Crippen LogP contribution < -0.4 is 5.32 Å². The summed E-state index contributed by atoms with van der Waals surface area (Å²) in [5.74, 6) is -2.76. The molecule has 0 radical (unpaired) electrons. The number of alkyl halides is 3. The maximum atomic E-state index is 11.9. The van der Waals surface area contributed by atoms with Crippen molar-refractivity contribution in [3.05, 3.63) is 0 Å². The lowest BCUT2D eigenvalue weighted by molar-refractivity contribution is -0.146. The lowest BCUT2D eigenvalue weighted by Crippen LogP contribution is -2.36. The van der Waals surface area contributed by atoms with Crippen molar-refractivity contribution in [1.29, 1.82) is 0 Å². The Morgan fingerprint density at radius 3 is 2.39 bits per heavy atom. The van der Waals surface area contributed by atoms with Gasteiger partial charge in [0.25, 0.3) is 0 Å². The van der Waals surface area contributed by atoms with Crippen molar-refractivity contribution in [2.24, 2.45) is 11.8 Å². The van der Waals surface area contributed by atoms with Gasteiger partial charge in [-0.3, -0.25) is 9.59 Å².